The lowest BCUT2D eigenvalue weighted by atomic mass is 10.2. The van der Waals surface area contributed by atoms with Crippen LogP contribution in [0.2, 0.25) is 0 Å². The fraction of sp³-hybridized carbons (Fsp3) is 0.400. The van der Waals surface area contributed by atoms with Crippen molar-refractivity contribution in [2.24, 2.45) is 5.73 Å². The molecule has 2 heterocycles. The van der Waals surface area contributed by atoms with E-state index >= 15 is 0 Å². The molecule has 2 atom stereocenters. The van der Waals surface area contributed by atoms with Gasteiger partial charge in [0.05, 0.1) is 12.2 Å². The predicted molar refractivity (Wildman–Crippen MR) is 59.5 cm³/mol. The maximum Gasteiger partial charge on any atom is 0.129 e. The van der Waals surface area contributed by atoms with Crippen LogP contribution in [0.5, 0.6) is 0 Å². The van der Waals surface area contributed by atoms with Crippen molar-refractivity contribution in [3.05, 3.63) is 23.9 Å². The Morgan fingerprint density at radius 1 is 1.44 bits per heavy atom. The van der Waals surface area contributed by atoms with Crippen LogP contribution in [0.15, 0.2) is 18.3 Å². The number of nitrogens with one attached hydrogen (secondary N) is 1. The molecule has 0 aromatic carbocycles. The fourth-order valence-electron chi connectivity index (χ4n) is 1.72. The highest BCUT2D eigenvalue weighted by Crippen LogP contribution is 2.19. The predicted octanol–water partition coefficient (Wildman–Crippen LogP) is -1.09. The first-order chi connectivity index (χ1) is 7.58. The van der Waals surface area contributed by atoms with E-state index in [0.717, 1.165) is 0 Å². The van der Waals surface area contributed by atoms with E-state index in [1.54, 1.807) is 23.2 Å². The van der Waals surface area contributed by atoms with Gasteiger partial charge in [-0.2, -0.15) is 0 Å². The van der Waals surface area contributed by atoms with E-state index in [9.17, 15) is 10.2 Å². The molecule has 2 unspecified atom stereocenters. The molecule has 0 spiro atoms. The molecule has 1 saturated heterocycles. The molecule has 1 aliphatic heterocycles. The zero-order chi connectivity index (χ0) is 11.7. The molecule has 16 heavy (non-hydrogen) atoms. The summed E-state index contributed by atoms with van der Waals surface area (Å²) >= 11 is 0. The van der Waals surface area contributed by atoms with E-state index in [1.165, 1.54) is 0 Å². The Morgan fingerprint density at radius 3 is 2.62 bits per heavy atom. The Balaban J connectivity index is 2.21. The average Bonchev–Trinajstić information content (AvgIpc) is 2.59. The molecule has 0 radical (unpaired) electrons. The number of aliphatic hydroxyl groups excluding tert-OH is 2. The maximum atomic E-state index is 9.42. The van der Waals surface area contributed by atoms with Gasteiger partial charge in [0.1, 0.15) is 11.7 Å². The van der Waals surface area contributed by atoms with Gasteiger partial charge in [-0.25, -0.2) is 4.98 Å². The SMILES string of the molecule is N=C(N)c1ccnc(N2CC(O)C(O)C2)c1. The van der Waals surface area contributed by atoms with Gasteiger partial charge in [0, 0.05) is 24.8 Å². The van der Waals surface area contributed by atoms with Gasteiger partial charge in [-0.1, -0.05) is 0 Å². The summed E-state index contributed by atoms with van der Waals surface area (Å²) in [6, 6.07) is 3.32. The lowest BCUT2D eigenvalue weighted by Gasteiger charge is -2.16. The van der Waals surface area contributed by atoms with E-state index in [0.29, 0.717) is 24.5 Å². The van der Waals surface area contributed by atoms with Gasteiger partial charge in [-0.15, -0.1) is 0 Å². The minimum absolute atomic E-state index is 0.0241. The second-order valence-corrected chi connectivity index (χ2v) is 3.86. The lowest BCUT2D eigenvalue weighted by molar-refractivity contribution is 0.0572. The number of aliphatic hydroxyl groups is 2. The molecule has 0 aliphatic carbocycles. The molecule has 86 valence electrons. The Hall–Kier alpha value is -1.66. The molecule has 5 N–H and O–H groups in total. The highest BCUT2D eigenvalue weighted by molar-refractivity contribution is 5.95. The molecule has 0 amide bonds. The van der Waals surface area contributed by atoms with E-state index in [-0.39, 0.29) is 5.84 Å². The third-order valence-electron chi connectivity index (χ3n) is 2.64. The molecule has 6 heteroatoms. The Morgan fingerprint density at radius 2 is 2.06 bits per heavy atom. The minimum atomic E-state index is -0.747. The van der Waals surface area contributed by atoms with Gasteiger partial charge in [-0.3, -0.25) is 5.41 Å². The molecular weight excluding hydrogens is 208 g/mol. The smallest absolute Gasteiger partial charge is 0.129 e. The highest BCUT2D eigenvalue weighted by atomic mass is 16.3. The Bertz CT molecular complexity index is 400. The first-order valence-electron chi connectivity index (χ1n) is 4.99. The number of aromatic nitrogens is 1. The van der Waals surface area contributed by atoms with Crippen molar-refractivity contribution in [2.75, 3.05) is 18.0 Å². The maximum absolute atomic E-state index is 9.42. The van der Waals surface area contributed by atoms with E-state index in [1.807, 2.05) is 0 Å². The normalized spacial score (nSPS) is 24.8. The van der Waals surface area contributed by atoms with Gasteiger partial charge in [0.25, 0.3) is 0 Å². The van der Waals surface area contributed by atoms with Crippen LogP contribution < -0.4 is 10.6 Å². The van der Waals surface area contributed by atoms with Crippen LogP contribution in [0.4, 0.5) is 5.82 Å². The third kappa shape index (κ3) is 1.98. The number of nitrogens with zero attached hydrogens (tertiary/aromatic N) is 2. The Kier molecular flexibility index (Phi) is 2.76. The van der Waals surface area contributed by atoms with Crippen LogP contribution in [0.25, 0.3) is 0 Å². The average molecular weight is 222 g/mol. The fourth-order valence-corrected chi connectivity index (χ4v) is 1.72. The van der Waals surface area contributed by atoms with Crippen molar-refractivity contribution in [1.29, 1.82) is 5.41 Å². The molecule has 2 rings (SSSR count). The molecule has 1 fully saturated rings. The summed E-state index contributed by atoms with van der Waals surface area (Å²) in [6.07, 6.45) is 0.0638. The number of nitrogen functional groups attached to an aromatic ring is 1. The van der Waals surface area contributed by atoms with E-state index in [4.69, 9.17) is 11.1 Å². The highest BCUT2D eigenvalue weighted by Gasteiger charge is 2.30. The molecule has 0 bridgehead atoms. The summed E-state index contributed by atoms with van der Waals surface area (Å²) < 4.78 is 0. The minimum Gasteiger partial charge on any atom is -0.389 e. The quantitative estimate of drug-likeness (QED) is 0.375. The van der Waals surface area contributed by atoms with Gasteiger partial charge >= 0.3 is 0 Å². The monoisotopic (exact) mass is 222 g/mol. The summed E-state index contributed by atoms with van der Waals surface area (Å²) in [5.74, 6) is 0.590. The number of hydrogen-bond acceptors (Lipinski definition) is 5. The molecule has 6 nitrogen and oxygen atoms in total. The summed E-state index contributed by atoms with van der Waals surface area (Å²) in [5.41, 5.74) is 5.96. The van der Waals surface area contributed by atoms with Crippen molar-refractivity contribution >= 4 is 11.7 Å². The number of anilines is 1. The zero-order valence-electron chi connectivity index (χ0n) is 8.67. The van der Waals surface area contributed by atoms with Crippen LogP contribution in [0.1, 0.15) is 5.56 Å². The summed E-state index contributed by atoms with van der Waals surface area (Å²) in [6.45, 7) is 0.686. The summed E-state index contributed by atoms with van der Waals surface area (Å²) in [7, 11) is 0. The van der Waals surface area contributed by atoms with Gasteiger partial charge in [-0.05, 0) is 12.1 Å². The second kappa shape index (κ2) is 4.07. The lowest BCUT2D eigenvalue weighted by Crippen LogP contribution is -2.23. The van der Waals surface area contributed by atoms with Crippen molar-refractivity contribution < 1.29 is 10.2 Å². The molecule has 1 aromatic heterocycles. The third-order valence-corrected chi connectivity index (χ3v) is 2.64. The van der Waals surface area contributed by atoms with Crippen LogP contribution in [-0.2, 0) is 0 Å². The van der Waals surface area contributed by atoms with Crippen LogP contribution >= 0.6 is 0 Å². The molecule has 0 saturated carbocycles. The van der Waals surface area contributed by atoms with Crippen LogP contribution in [0, 0.1) is 5.41 Å². The van der Waals surface area contributed by atoms with Gasteiger partial charge in [0.15, 0.2) is 0 Å². The van der Waals surface area contributed by atoms with Gasteiger partial charge < -0.3 is 20.8 Å². The summed E-state index contributed by atoms with van der Waals surface area (Å²) in [4.78, 5) is 5.89. The van der Waals surface area contributed by atoms with Crippen molar-refractivity contribution in [3.8, 4) is 0 Å². The Labute approximate surface area is 92.8 Å². The standard InChI is InChI=1S/C10H14N4O2/c11-10(12)6-1-2-13-9(3-6)14-4-7(15)8(16)5-14/h1-3,7-8,15-16H,4-5H2,(H3,11,12). The van der Waals surface area contributed by atoms with Crippen molar-refractivity contribution in [2.45, 2.75) is 12.2 Å². The number of pyridine rings is 1. The largest absolute Gasteiger partial charge is 0.389 e. The first kappa shape index (κ1) is 10.8. The number of hydrogen-bond donors (Lipinski definition) is 4. The van der Waals surface area contributed by atoms with E-state index < -0.39 is 12.2 Å². The number of β-amino-alcohol motifs (C(OH)–C–C–N with tert-alkyl or cyclic N) is 2. The molecule has 1 aromatic rings. The number of rotatable bonds is 2. The second-order valence-electron chi connectivity index (χ2n) is 3.86. The molecule has 1 aliphatic rings. The number of nitrogens with two attached hydrogens (primary N) is 1. The van der Waals surface area contributed by atoms with E-state index in [2.05, 4.69) is 4.98 Å². The van der Waals surface area contributed by atoms with Crippen molar-refractivity contribution in [1.82, 2.24) is 4.98 Å². The topological polar surface area (TPSA) is 106 Å². The van der Waals surface area contributed by atoms with Crippen LogP contribution in [0.3, 0.4) is 0 Å². The number of amidine groups is 1. The van der Waals surface area contributed by atoms with Crippen LogP contribution in [-0.4, -0.2) is 46.3 Å². The van der Waals surface area contributed by atoms with Gasteiger partial charge in [0.2, 0.25) is 0 Å². The first-order valence-corrected chi connectivity index (χ1v) is 4.99. The van der Waals surface area contributed by atoms with Crippen molar-refractivity contribution in [3.63, 3.8) is 0 Å². The zero-order valence-corrected chi connectivity index (χ0v) is 8.67. The molecular formula is C10H14N4O2. The summed E-state index contributed by atoms with van der Waals surface area (Å²) in [5, 5.41) is 26.2.